The van der Waals surface area contributed by atoms with Crippen LogP contribution in [0.3, 0.4) is 0 Å². The van der Waals surface area contributed by atoms with Gasteiger partial charge in [-0.25, -0.2) is 4.79 Å². The predicted octanol–water partition coefficient (Wildman–Crippen LogP) is 4.67. The number of carbonyl (C=O) groups is 4. The minimum atomic E-state index is -0.796. The van der Waals surface area contributed by atoms with Gasteiger partial charge in [0.05, 0.1) is 18.6 Å². The van der Waals surface area contributed by atoms with Crippen LogP contribution < -0.4 is 5.32 Å². The van der Waals surface area contributed by atoms with Gasteiger partial charge in [-0.1, -0.05) is 60.7 Å². The lowest BCUT2D eigenvalue weighted by molar-refractivity contribution is -0.147. The number of nitrogens with one attached hydrogen (secondary N) is 1. The Morgan fingerprint density at radius 3 is 1.97 bits per heavy atom. The van der Waals surface area contributed by atoms with Crippen LogP contribution in [-0.4, -0.2) is 36.8 Å². The summed E-state index contributed by atoms with van der Waals surface area (Å²) in [7, 11) is 0. The fraction of sp³-hybridized carbons (Fsp3) is 0.259. The summed E-state index contributed by atoms with van der Waals surface area (Å²) in [6, 6.07) is 19.1. The number of ether oxygens (including phenoxy) is 2. The van der Waals surface area contributed by atoms with Crippen molar-refractivity contribution in [3.8, 4) is 0 Å². The Bertz CT molecular complexity index is 1160. The van der Waals surface area contributed by atoms with Gasteiger partial charge < -0.3 is 13.9 Å². The highest BCUT2D eigenvalue weighted by molar-refractivity contribution is 6.10. The molecule has 0 aliphatic rings. The summed E-state index contributed by atoms with van der Waals surface area (Å²) in [5.41, 5.74) is 1.76. The zero-order valence-electron chi connectivity index (χ0n) is 19.8. The standard InChI is InChI=1S/C27H27NO7/c1-4-33-27(32)25-24(17(2)29)18(3)35-26(25)28-22(30)16-34-23(31)15-21(19-11-7-5-8-12-19)20-13-9-6-10-14-20/h5-14,21H,4,15-16H2,1-3H3,(H,28,30). The van der Waals surface area contributed by atoms with Gasteiger partial charge in [-0.2, -0.15) is 0 Å². The van der Waals surface area contributed by atoms with Crippen molar-refractivity contribution in [3.05, 3.63) is 88.7 Å². The van der Waals surface area contributed by atoms with Crippen LogP contribution in [0, 0.1) is 6.92 Å². The summed E-state index contributed by atoms with van der Waals surface area (Å²) in [4.78, 5) is 49.5. The molecule has 8 heteroatoms. The van der Waals surface area contributed by atoms with Crippen LogP contribution in [0.5, 0.6) is 0 Å². The topological polar surface area (TPSA) is 112 Å². The first-order chi connectivity index (χ1) is 16.8. The molecular weight excluding hydrogens is 450 g/mol. The molecule has 0 atom stereocenters. The van der Waals surface area contributed by atoms with Gasteiger partial charge in [0, 0.05) is 5.92 Å². The molecule has 1 amide bonds. The molecule has 1 heterocycles. The minimum absolute atomic E-state index is 0.0315. The summed E-state index contributed by atoms with van der Waals surface area (Å²) in [5.74, 6) is -2.79. The van der Waals surface area contributed by atoms with Gasteiger partial charge in [0.15, 0.2) is 12.4 Å². The highest BCUT2D eigenvalue weighted by Gasteiger charge is 2.29. The van der Waals surface area contributed by atoms with Crippen LogP contribution >= 0.6 is 0 Å². The molecule has 3 rings (SSSR count). The van der Waals surface area contributed by atoms with Gasteiger partial charge in [0.25, 0.3) is 5.91 Å². The lowest BCUT2D eigenvalue weighted by atomic mass is 9.89. The van der Waals surface area contributed by atoms with E-state index in [1.54, 1.807) is 6.92 Å². The van der Waals surface area contributed by atoms with E-state index in [4.69, 9.17) is 13.9 Å². The van der Waals surface area contributed by atoms with E-state index >= 15 is 0 Å². The van der Waals surface area contributed by atoms with E-state index in [9.17, 15) is 19.2 Å². The average Bonchev–Trinajstić information content (AvgIpc) is 3.18. The molecule has 8 nitrogen and oxygen atoms in total. The smallest absolute Gasteiger partial charge is 0.344 e. The van der Waals surface area contributed by atoms with E-state index in [1.807, 2.05) is 60.7 Å². The number of furan rings is 1. The number of rotatable bonds is 10. The fourth-order valence-corrected chi connectivity index (χ4v) is 3.79. The van der Waals surface area contributed by atoms with Gasteiger partial charge in [-0.3, -0.25) is 19.7 Å². The lowest BCUT2D eigenvalue weighted by Gasteiger charge is -2.17. The monoisotopic (exact) mass is 477 g/mol. The number of hydrogen-bond acceptors (Lipinski definition) is 7. The van der Waals surface area contributed by atoms with E-state index in [2.05, 4.69) is 5.32 Å². The second-order valence-electron chi connectivity index (χ2n) is 7.80. The molecule has 0 fully saturated rings. The molecule has 0 aliphatic carbocycles. The Morgan fingerprint density at radius 1 is 0.886 bits per heavy atom. The first-order valence-electron chi connectivity index (χ1n) is 11.2. The van der Waals surface area contributed by atoms with Crippen LogP contribution in [0.25, 0.3) is 0 Å². The molecule has 35 heavy (non-hydrogen) atoms. The molecule has 0 saturated heterocycles. The third kappa shape index (κ3) is 6.44. The minimum Gasteiger partial charge on any atom is -0.462 e. The molecular formula is C27H27NO7. The molecule has 3 aromatic rings. The van der Waals surface area contributed by atoms with Crippen molar-refractivity contribution in [2.24, 2.45) is 0 Å². The summed E-state index contributed by atoms with van der Waals surface area (Å²) in [5, 5.41) is 2.40. The number of carbonyl (C=O) groups excluding carboxylic acids is 4. The van der Waals surface area contributed by atoms with Gasteiger partial charge in [-0.05, 0) is 31.9 Å². The van der Waals surface area contributed by atoms with E-state index in [0.29, 0.717) is 0 Å². The van der Waals surface area contributed by atoms with Crippen LogP contribution in [0.4, 0.5) is 5.88 Å². The zero-order valence-corrected chi connectivity index (χ0v) is 19.8. The second-order valence-corrected chi connectivity index (χ2v) is 7.80. The second kappa shape index (κ2) is 11.8. The van der Waals surface area contributed by atoms with Crippen molar-refractivity contribution in [2.75, 3.05) is 18.5 Å². The highest BCUT2D eigenvalue weighted by Crippen LogP contribution is 2.29. The van der Waals surface area contributed by atoms with E-state index in [-0.39, 0.29) is 41.7 Å². The number of aryl methyl sites for hydroxylation is 1. The number of amides is 1. The van der Waals surface area contributed by atoms with Crippen LogP contribution in [0.15, 0.2) is 65.1 Å². The lowest BCUT2D eigenvalue weighted by Crippen LogP contribution is -2.23. The molecule has 2 aromatic carbocycles. The number of hydrogen-bond donors (Lipinski definition) is 1. The normalized spacial score (nSPS) is 10.6. The van der Waals surface area contributed by atoms with Crippen molar-refractivity contribution < 1.29 is 33.1 Å². The molecule has 1 aromatic heterocycles. The van der Waals surface area contributed by atoms with E-state index in [1.165, 1.54) is 13.8 Å². The molecule has 0 bridgehead atoms. The molecule has 182 valence electrons. The number of benzene rings is 2. The molecule has 0 saturated carbocycles. The van der Waals surface area contributed by atoms with E-state index < -0.39 is 30.2 Å². The Labute approximate surface area is 203 Å². The number of esters is 2. The third-order valence-electron chi connectivity index (χ3n) is 5.31. The van der Waals surface area contributed by atoms with Crippen molar-refractivity contribution in [1.29, 1.82) is 0 Å². The van der Waals surface area contributed by atoms with Gasteiger partial charge >= 0.3 is 11.9 Å². The van der Waals surface area contributed by atoms with Gasteiger partial charge in [0.2, 0.25) is 5.88 Å². The Hall–Kier alpha value is -4.20. The van der Waals surface area contributed by atoms with Gasteiger partial charge in [0.1, 0.15) is 11.3 Å². The maximum atomic E-state index is 12.6. The van der Waals surface area contributed by atoms with Crippen molar-refractivity contribution in [2.45, 2.75) is 33.1 Å². The molecule has 0 aliphatic heterocycles. The van der Waals surface area contributed by atoms with Crippen LogP contribution in [-0.2, 0) is 19.1 Å². The maximum absolute atomic E-state index is 12.6. The zero-order chi connectivity index (χ0) is 25.4. The number of Topliss-reactive ketones (excluding diaryl/α,β-unsaturated/α-hetero) is 1. The van der Waals surface area contributed by atoms with Gasteiger partial charge in [-0.15, -0.1) is 0 Å². The van der Waals surface area contributed by atoms with Crippen molar-refractivity contribution in [3.63, 3.8) is 0 Å². The summed E-state index contributed by atoms with van der Waals surface area (Å²) < 4.78 is 15.6. The molecule has 0 spiro atoms. The van der Waals surface area contributed by atoms with Crippen molar-refractivity contribution >= 4 is 29.5 Å². The van der Waals surface area contributed by atoms with Crippen LogP contribution in [0.2, 0.25) is 0 Å². The Balaban J connectivity index is 1.69. The first-order valence-corrected chi connectivity index (χ1v) is 11.2. The molecule has 0 radical (unpaired) electrons. The summed E-state index contributed by atoms with van der Waals surface area (Å²) >= 11 is 0. The molecule has 0 unspecified atom stereocenters. The molecule has 1 N–H and O–H groups in total. The van der Waals surface area contributed by atoms with Crippen molar-refractivity contribution in [1.82, 2.24) is 0 Å². The quantitative estimate of drug-likeness (QED) is 0.333. The first kappa shape index (κ1) is 25.4. The average molecular weight is 478 g/mol. The van der Waals surface area contributed by atoms with Crippen LogP contribution in [0.1, 0.15) is 63.8 Å². The fourth-order valence-electron chi connectivity index (χ4n) is 3.79. The summed E-state index contributed by atoms with van der Waals surface area (Å²) in [6.07, 6.45) is 0.0315. The number of ketones is 1. The summed E-state index contributed by atoms with van der Waals surface area (Å²) in [6.45, 7) is 3.89. The Kier molecular flexibility index (Phi) is 8.56. The Morgan fingerprint density at radius 2 is 1.46 bits per heavy atom. The SMILES string of the molecule is CCOC(=O)c1c(NC(=O)COC(=O)CC(c2ccccc2)c2ccccc2)oc(C)c1C(C)=O. The predicted molar refractivity (Wildman–Crippen MR) is 128 cm³/mol. The largest absolute Gasteiger partial charge is 0.462 e. The van der Waals surface area contributed by atoms with E-state index in [0.717, 1.165) is 11.1 Å². The highest BCUT2D eigenvalue weighted by atomic mass is 16.5. The third-order valence-corrected chi connectivity index (χ3v) is 5.31. The number of anilines is 1. The maximum Gasteiger partial charge on any atom is 0.344 e.